The normalized spacial score (nSPS) is 11.1. The van der Waals surface area contributed by atoms with Gasteiger partial charge in [-0.25, -0.2) is 0 Å². The summed E-state index contributed by atoms with van der Waals surface area (Å²) in [7, 11) is 0. The number of anilines is 2. The van der Waals surface area contributed by atoms with Crippen molar-refractivity contribution in [2.45, 2.75) is 20.3 Å². The Hall–Kier alpha value is -2.19. The van der Waals surface area contributed by atoms with Crippen LogP contribution in [0.15, 0.2) is 30.0 Å². The van der Waals surface area contributed by atoms with Gasteiger partial charge in [0.05, 0.1) is 10.7 Å². The van der Waals surface area contributed by atoms with Gasteiger partial charge >= 0.3 is 0 Å². The lowest BCUT2D eigenvalue weighted by Crippen LogP contribution is -2.17. The molecule has 1 aromatic carbocycles. The Morgan fingerprint density at radius 2 is 2.24 bits per heavy atom. The highest BCUT2D eigenvalue weighted by atomic mass is 35.5. The first-order valence-corrected chi connectivity index (χ1v) is 7.02. The van der Waals surface area contributed by atoms with Gasteiger partial charge in [-0.05, 0) is 30.5 Å². The highest BCUT2D eigenvalue weighted by Crippen LogP contribution is 2.22. The lowest BCUT2D eigenvalue weighted by atomic mass is 10.1. The second-order valence-corrected chi connectivity index (χ2v) is 5.40. The zero-order chi connectivity index (χ0) is 15.8. The summed E-state index contributed by atoms with van der Waals surface area (Å²) >= 11 is 5.87. The van der Waals surface area contributed by atoms with Crippen LogP contribution in [0.5, 0.6) is 0 Å². The molecule has 0 spiro atoms. The van der Waals surface area contributed by atoms with E-state index < -0.39 is 5.91 Å². The van der Waals surface area contributed by atoms with Crippen LogP contribution < -0.4 is 16.4 Å². The van der Waals surface area contributed by atoms with E-state index in [1.165, 1.54) is 12.3 Å². The molecule has 0 saturated carbocycles. The largest absolute Gasteiger partial charge is 0.398 e. The summed E-state index contributed by atoms with van der Waals surface area (Å²) in [5.74, 6) is 0.0672. The highest BCUT2D eigenvalue weighted by molar-refractivity contribution is 6.33. The molecule has 5 nitrogen and oxygen atoms in total. The Bertz CT molecular complexity index is 576. The average molecular weight is 307 g/mol. The first-order chi connectivity index (χ1) is 9.93. The van der Waals surface area contributed by atoms with Crippen LogP contribution in [0.1, 0.15) is 20.3 Å². The molecule has 0 unspecified atom stereocenters. The molecule has 4 N–H and O–H groups in total. The molecule has 0 heterocycles. The first-order valence-electron chi connectivity index (χ1n) is 6.64. The second-order valence-electron chi connectivity index (χ2n) is 5.00. The lowest BCUT2D eigenvalue weighted by molar-refractivity contribution is -0.112. The third-order valence-electron chi connectivity index (χ3n) is 2.74. The van der Waals surface area contributed by atoms with Crippen LogP contribution in [-0.4, -0.2) is 12.5 Å². The maximum atomic E-state index is 12.0. The molecule has 0 bridgehead atoms. The van der Waals surface area contributed by atoms with E-state index in [0.717, 1.165) is 6.42 Å². The summed E-state index contributed by atoms with van der Waals surface area (Å²) in [6, 6.07) is 6.62. The third-order valence-corrected chi connectivity index (χ3v) is 3.06. The van der Waals surface area contributed by atoms with Gasteiger partial charge in [0, 0.05) is 18.4 Å². The zero-order valence-corrected chi connectivity index (χ0v) is 12.9. The fraction of sp³-hybridized carbons (Fsp3) is 0.333. The van der Waals surface area contributed by atoms with Crippen LogP contribution in [-0.2, 0) is 4.79 Å². The Morgan fingerprint density at radius 3 is 2.81 bits per heavy atom. The van der Waals surface area contributed by atoms with Gasteiger partial charge in [0.2, 0.25) is 0 Å². The van der Waals surface area contributed by atoms with Crippen molar-refractivity contribution in [1.82, 2.24) is 5.32 Å². The van der Waals surface area contributed by atoms with E-state index >= 15 is 0 Å². The molecule has 0 aliphatic heterocycles. The van der Waals surface area contributed by atoms with Crippen LogP contribution >= 0.6 is 11.6 Å². The van der Waals surface area contributed by atoms with Gasteiger partial charge in [0.25, 0.3) is 5.91 Å². The molecular formula is C15H19ClN4O. The van der Waals surface area contributed by atoms with Crippen molar-refractivity contribution in [3.05, 3.63) is 35.0 Å². The van der Waals surface area contributed by atoms with Crippen LogP contribution in [0.3, 0.4) is 0 Å². The SMILES string of the molecule is CC(C)CCN/C=C(/C#N)C(=O)Nc1ccc(N)c(Cl)c1. The average Bonchev–Trinajstić information content (AvgIpc) is 2.42. The monoisotopic (exact) mass is 306 g/mol. The third kappa shape index (κ3) is 5.76. The fourth-order valence-electron chi connectivity index (χ4n) is 1.50. The van der Waals surface area contributed by atoms with Crippen LogP contribution in [0.4, 0.5) is 11.4 Å². The number of nitrogens with two attached hydrogens (primary N) is 1. The summed E-state index contributed by atoms with van der Waals surface area (Å²) in [5, 5.41) is 14.9. The molecule has 0 aliphatic rings. The topological polar surface area (TPSA) is 90.9 Å². The molecule has 1 amide bonds. The van der Waals surface area contributed by atoms with E-state index in [2.05, 4.69) is 24.5 Å². The van der Waals surface area contributed by atoms with E-state index in [1.54, 1.807) is 12.1 Å². The molecule has 0 fully saturated rings. The second kappa shape index (κ2) is 8.18. The Kier molecular flexibility index (Phi) is 6.57. The van der Waals surface area contributed by atoms with Crippen LogP contribution in [0, 0.1) is 17.2 Å². The number of hydrogen-bond acceptors (Lipinski definition) is 4. The Morgan fingerprint density at radius 1 is 1.52 bits per heavy atom. The number of rotatable bonds is 6. The van der Waals surface area contributed by atoms with E-state index in [0.29, 0.717) is 28.9 Å². The number of benzene rings is 1. The van der Waals surface area contributed by atoms with Crippen molar-refractivity contribution in [3.63, 3.8) is 0 Å². The van der Waals surface area contributed by atoms with E-state index in [9.17, 15) is 4.79 Å². The van der Waals surface area contributed by atoms with Gasteiger partial charge in [-0.2, -0.15) is 5.26 Å². The van der Waals surface area contributed by atoms with Gasteiger partial charge in [-0.3, -0.25) is 4.79 Å². The number of nitrogens with one attached hydrogen (secondary N) is 2. The predicted octanol–water partition coefficient (Wildman–Crippen LogP) is 2.90. The van der Waals surface area contributed by atoms with Gasteiger partial charge in [0.15, 0.2) is 0 Å². The number of nitrogen functional groups attached to an aromatic ring is 1. The van der Waals surface area contributed by atoms with Gasteiger partial charge in [0.1, 0.15) is 11.6 Å². The number of carbonyl (C=O) groups is 1. The van der Waals surface area contributed by atoms with Crippen LogP contribution in [0.2, 0.25) is 5.02 Å². The number of halogens is 1. The summed E-state index contributed by atoms with van der Waals surface area (Å²) in [4.78, 5) is 12.0. The maximum Gasteiger partial charge on any atom is 0.267 e. The van der Waals surface area contributed by atoms with E-state index in [1.807, 2.05) is 6.07 Å². The molecule has 6 heteroatoms. The lowest BCUT2D eigenvalue weighted by Gasteiger charge is -2.07. The Balaban J connectivity index is 2.64. The highest BCUT2D eigenvalue weighted by Gasteiger charge is 2.09. The Labute approximate surface area is 129 Å². The minimum atomic E-state index is -0.490. The van der Waals surface area contributed by atoms with Crippen molar-refractivity contribution < 1.29 is 4.79 Å². The molecule has 0 radical (unpaired) electrons. The number of amides is 1. The van der Waals surface area contributed by atoms with Gasteiger partial charge in [-0.1, -0.05) is 25.4 Å². The molecule has 0 saturated heterocycles. The minimum absolute atomic E-state index is 0.00621. The van der Waals surface area contributed by atoms with Crippen molar-refractivity contribution >= 4 is 28.9 Å². The smallest absolute Gasteiger partial charge is 0.267 e. The number of nitriles is 1. The molecule has 1 rings (SSSR count). The summed E-state index contributed by atoms with van der Waals surface area (Å²) in [6.45, 7) is 4.92. The molecule has 1 aromatic rings. The summed E-state index contributed by atoms with van der Waals surface area (Å²) in [5.41, 5.74) is 6.52. The van der Waals surface area contributed by atoms with Crippen LogP contribution in [0.25, 0.3) is 0 Å². The van der Waals surface area contributed by atoms with Gasteiger partial charge < -0.3 is 16.4 Å². The standard InChI is InChI=1S/C15H19ClN4O/c1-10(2)5-6-19-9-11(8-17)15(21)20-12-3-4-14(18)13(16)7-12/h3-4,7,9-10,19H,5-6,18H2,1-2H3,(H,20,21)/b11-9-. The molecule has 0 atom stereocenters. The van der Waals surface area contributed by atoms with Crippen molar-refractivity contribution in [1.29, 1.82) is 5.26 Å². The maximum absolute atomic E-state index is 12.0. The predicted molar refractivity (Wildman–Crippen MR) is 85.6 cm³/mol. The molecular weight excluding hydrogens is 288 g/mol. The van der Waals surface area contributed by atoms with E-state index in [-0.39, 0.29) is 5.57 Å². The van der Waals surface area contributed by atoms with Crippen molar-refractivity contribution in [2.24, 2.45) is 5.92 Å². The summed E-state index contributed by atoms with van der Waals surface area (Å²) < 4.78 is 0. The fourth-order valence-corrected chi connectivity index (χ4v) is 1.68. The number of nitrogens with zero attached hydrogens (tertiary/aromatic N) is 1. The first kappa shape index (κ1) is 16.9. The van der Waals surface area contributed by atoms with Gasteiger partial charge in [-0.15, -0.1) is 0 Å². The number of hydrogen-bond donors (Lipinski definition) is 3. The van der Waals surface area contributed by atoms with Crippen molar-refractivity contribution in [3.8, 4) is 6.07 Å². The molecule has 112 valence electrons. The minimum Gasteiger partial charge on any atom is -0.398 e. The number of carbonyl (C=O) groups excluding carboxylic acids is 1. The molecule has 0 aliphatic carbocycles. The van der Waals surface area contributed by atoms with E-state index in [4.69, 9.17) is 22.6 Å². The molecule has 0 aromatic heterocycles. The quantitative estimate of drug-likeness (QED) is 0.326. The summed E-state index contributed by atoms with van der Waals surface area (Å²) in [6.07, 6.45) is 2.39. The zero-order valence-electron chi connectivity index (χ0n) is 12.1. The van der Waals surface area contributed by atoms with Crippen molar-refractivity contribution in [2.75, 3.05) is 17.6 Å². The molecule has 21 heavy (non-hydrogen) atoms.